The van der Waals surface area contributed by atoms with Crippen molar-refractivity contribution in [1.29, 1.82) is 0 Å². The van der Waals surface area contributed by atoms with E-state index in [1.54, 1.807) is 0 Å². The molecule has 0 spiro atoms. The van der Waals surface area contributed by atoms with Gasteiger partial charge in [-0.15, -0.1) is 0 Å². The smallest absolute Gasteiger partial charge is 0.326 e. The molecule has 0 unspecified atom stereocenters. The van der Waals surface area contributed by atoms with Crippen LogP contribution in [0.4, 0.5) is 0 Å². The van der Waals surface area contributed by atoms with Gasteiger partial charge in [-0.05, 0) is 38.3 Å². The van der Waals surface area contributed by atoms with Crippen LogP contribution in [-0.4, -0.2) is 58.8 Å². The van der Waals surface area contributed by atoms with Crippen molar-refractivity contribution < 1.29 is 19.8 Å². The van der Waals surface area contributed by atoms with Crippen molar-refractivity contribution in [2.75, 3.05) is 19.6 Å². The van der Waals surface area contributed by atoms with Gasteiger partial charge in [0.2, 0.25) is 5.91 Å². The first-order chi connectivity index (χ1) is 9.08. The molecule has 19 heavy (non-hydrogen) atoms. The van der Waals surface area contributed by atoms with Gasteiger partial charge >= 0.3 is 5.97 Å². The van der Waals surface area contributed by atoms with Crippen molar-refractivity contribution in [2.24, 2.45) is 5.92 Å². The van der Waals surface area contributed by atoms with E-state index in [-0.39, 0.29) is 18.9 Å². The van der Waals surface area contributed by atoms with E-state index in [4.69, 9.17) is 5.11 Å². The van der Waals surface area contributed by atoms with Gasteiger partial charge in [-0.3, -0.25) is 4.79 Å². The molecule has 2 saturated heterocycles. The number of aliphatic hydroxyl groups excluding tert-OH is 1. The van der Waals surface area contributed by atoms with E-state index in [0.29, 0.717) is 12.3 Å². The Morgan fingerprint density at radius 3 is 2.58 bits per heavy atom. The number of carboxylic acid groups (broad SMARTS) is 1. The average molecular weight is 270 g/mol. The molecule has 0 saturated carbocycles. The fourth-order valence-electron chi connectivity index (χ4n) is 2.97. The maximum Gasteiger partial charge on any atom is 0.326 e. The molecular weight excluding hydrogens is 248 g/mol. The number of β-amino-alcohol motifs (C(OH)–C–C–N with tert-alkyl or cyclic N) is 1. The molecule has 0 aromatic heterocycles. The summed E-state index contributed by atoms with van der Waals surface area (Å²) in [4.78, 5) is 24.5. The Bertz CT molecular complexity index is 342. The largest absolute Gasteiger partial charge is 0.480 e. The van der Waals surface area contributed by atoms with Crippen LogP contribution in [0.2, 0.25) is 0 Å². The van der Waals surface area contributed by atoms with Crippen LogP contribution >= 0.6 is 0 Å². The Hall–Kier alpha value is -1.14. The zero-order chi connectivity index (χ0) is 13.8. The predicted octanol–water partition coefficient (Wildman–Crippen LogP) is -0.187. The Balaban J connectivity index is 1.82. The number of aliphatic carboxylic acids is 1. The summed E-state index contributed by atoms with van der Waals surface area (Å²) >= 11 is 0. The number of hydrogen-bond acceptors (Lipinski definition) is 4. The first-order valence-electron chi connectivity index (χ1n) is 6.99. The summed E-state index contributed by atoms with van der Waals surface area (Å²) in [6.45, 7) is 2.15. The number of carbonyl (C=O) groups excluding carboxylic acids is 1. The van der Waals surface area contributed by atoms with Crippen molar-refractivity contribution in [2.45, 2.75) is 44.2 Å². The zero-order valence-electron chi connectivity index (χ0n) is 11.0. The lowest BCUT2D eigenvalue weighted by Gasteiger charge is -2.25. The van der Waals surface area contributed by atoms with Crippen molar-refractivity contribution >= 4 is 11.9 Å². The van der Waals surface area contributed by atoms with Crippen LogP contribution in [0, 0.1) is 5.92 Å². The zero-order valence-corrected chi connectivity index (χ0v) is 11.0. The standard InChI is InChI=1S/C13H22N2O4/c16-10-7-11(13(18)19)15(8-10)12(17)2-1-9-3-5-14-6-4-9/h9-11,14,16H,1-8H2,(H,18,19)/t10-,11-/m1/s1. The van der Waals surface area contributed by atoms with Gasteiger partial charge in [-0.1, -0.05) is 0 Å². The van der Waals surface area contributed by atoms with Crippen LogP contribution in [0.25, 0.3) is 0 Å². The van der Waals surface area contributed by atoms with E-state index in [1.165, 1.54) is 4.90 Å². The Labute approximate surface area is 112 Å². The minimum Gasteiger partial charge on any atom is -0.480 e. The molecule has 1 amide bonds. The predicted molar refractivity (Wildman–Crippen MR) is 68.6 cm³/mol. The number of carboxylic acids is 1. The maximum atomic E-state index is 12.1. The number of amides is 1. The van der Waals surface area contributed by atoms with E-state index < -0.39 is 18.1 Å². The number of nitrogens with zero attached hydrogens (tertiary/aromatic N) is 1. The molecule has 2 fully saturated rings. The minimum absolute atomic E-state index is 0.137. The van der Waals surface area contributed by atoms with E-state index in [0.717, 1.165) is 32.4 Å². The van der Waals surface area contributed by atoms with Crippen molar-refractivity contribution in [3.8, 4) is 0 Å². The van der Waals surface area contributed by atoms with Gasteiger partial charge in [0.1, 0.15) is 6.04 Å². The molecular formula is C13H22N2O4. The van der Waals surface area contributed by atoms with E-state index in [2.05, 4.69) is 5.32 Å². The Morgan fingerprint density at radius 2 is 1.95 bits per heavy atom. The summed E-state index contributed by atoms with van der Waals surface area (Å²) in [6, 6.07) is -0.851. The summed E-state index contributed by atoms with van der Waals surface area (Å²) in [5.41, 5.74) is 0. The minimum atomic E-state index is -1.02. The van der Waals surface area contributed by atoms with Gasteiger partial charge in [0.25, 0.3) is 0 Å². The molecule has 2 aliphatic heterocycles. The van der Waals surface area contributed by atoms with E-state index in [9.17, 15) is 14.7 Å². The summed E-state index contributed by atoms with van der Waals surface area (Å²) in [6.07, 6.45) is 2.81. The molecule has 0 aromatic carbocycles. The number of likely N-dealkylation sites (tertiary alicyclic amines) is 1. The van der Waals surface area contributed by atoms with Crippen molar-refractivity contribution in [3.63, 3.8) is 0 Å². The van der Waals surface area contributed by atoms with Gasteiger partial charge < -0.3 is 20.4 Å². The van der Waals surface area contributed by atoms with Crippen molar-refractivity contribution in [3.05, 3.63) is 0 Å². The highest BCUT2D eigenvalue weighted by atomic mass is 16.4. The average Bonchev–Trinajstić information content (AvgIpc) is 2.79. The van der Waals surface area contributed by atoms with Crippen LogP contribution in [0.3, 0.4) is 0 Å². The summed E-state index contributed by atoms with van der Waals surface area (Å²) in [7, 11) is 0. The molecule has 2 rings (SSSR count). The number of aliphatic hydroxyl groups is 1. The van der Waals surface area contributed by atoms with Gasteiger partial charge in [0, 0.05) is 19.4 Å². The SMILES string of the molecule is O=C(O)[C@H]1C[C@@H](O)CN1C(=O)CCC1CCNCC1. The van der Waals surface area contributed by atoms with E-state index in [1.807, 2.05) is 0 Å². The fraction of sp³-hybridized carbons (Fsp3) is 0.846. The molecule has 2 heterocycles. The third-order valence-electron chi connectivity index (χ3n) is 4.11. The molecule has 3 N–H and O–H groups in total. The lowest BCUT2D eigenvalue weighted by Crippen LogP contribution is -2.40. The lowest BCUT2D eigenvalue weighted by atomic mass is 9.93. The van der Waals surface area contributed by atoms with Gasteiger partial charge in [0.15, 0.2) is 0 Å². The number of rotatable bonds is 4. The number of piperidine rings is 1. The topological polar surface area (TPSA) is 89.9 Å². The third-order valence-corrected chi connectivity index (χ3v) is 4.11. The molecule has 0 bridgehead atoms. The van der Waals surface area contributed by atoms with Crippen LogP contribution in [0.1, 0.15) is 32.1 Å². The monoisotopic (exact) mass is 270 g/mol. The van der Waals surface area contributed by atoms with Gasteiger partial charge in [-0.2, -0.15) is 0 Å². The van der Waals surface area contributed by atoms with Gasteiger partial charge in [-0.25, -0.2) is 4.79 Å². The van der Waals surface area contributed by atoms with Crippen molar-refractivity contribution in [1.82, 2.24) is 10.2 Å². The third kappa shape index (κ3) is 3.67. The summed E-state index contributed by atoms with van der Waals surface area (Å²) in [5, 5.41) is 21.9. The molecule has 108 valence electrons. The van der Waals surface area contributed by atoms with Crippen LogP contribution in [0.5, 0.6) is 0 Å². The second kappa shape index (κ2) is 6.34. The summed E-state index contributed by atoms with van der Waals surface area (Å²) in [5.74, 6) is -0.602. The first-order valence-corrected chi connectivity index (χ1v) is 6.99. The molecule has 6 heteroatoms. The second-order valence-corrected chi connectivity index (χ2v) is 5.52. The molecule has 0 radical (unpaired) electrons. The highest BCUT2D eigenvalue weighted by Gasteiger charge is 2.38. The molecule has 0 aliphatic carbocycles. The van der Waals surface area contributed by atoms with Crippen LogP contribution in [0.15, 0.2) is 0 Å². The first kappa shape index (κ1) is 14.3. The normalized spacial score (nSPS) is 28.6. The summed E-state index contributed by atoms with van der Waals surface area (Å²) < 4.78 is 0. The quantitative estimate of drug-likeness (QED) is 0.659. The fourth-order valence-corrected chi connectivity index (χ4v) is 2.97. The Kier molecular flexibility index (Phi) is 4.76. The number of carbonyl (C=O) groups is 2. The van der Waals surface area contributed by atoms with E-state index >= 15 is 0 Å². The number of nitrogens with one attached hydrogen (secondary N) is 1. The molecule has 2 atom stereocenters. The highest BCUT2D eigenvalue weighted by Crippen LogP contribution is 2.22. The number of hydrogen-bond donors (Lipinski definition) is 3. The molecule has 2 aliphatic rings. The maximum absolute atomic E-state index is 12.1. The molecule has 6 nitrogen and oxygen atoms in total. The second-order valence-electron chi connectivity index (χ2n) is 5.52. The van der Waals surface area contributed by atoms with Gasteiger partial charge in [0.05, 0.1) is 6.10 Å². The molecule has 0 aromatic rings. The Morgan fingerprint density at radius 1 is 1.26 bits per heavy atom. The lowest BCUT2D eigenvalue weighted by molar-refractivity contribution is -0.148. The van der Waals surface area contributed by atoms with Crippen LogP contribution in [-0.2, 0) is 9.59 Å². The highest BCUT2D eigenvalue weighted by molar-refractivity contribution is 5.84. The van der Waals surface area contributed by atoms with Crippen LogP contribution < -0.4 is 5.32 Å².